The molecule has 0 saturated heterocycles. The van der Waals surface area contributed by atoms with Gasteiger partial charge in [-0.3, -0.25) is 4.72 Å². The van der Waals surface area contributed by atoms with Crippen LogP contribution in [0.3, 0.4) is 0 Å². The number of rotatable bonds is 4. The fraction of sp³-hybridized carbons (Fsp3) is 0.105. The summed E-state index contributed by atoms with van der Waals surface area (Å²) in [6.45, 7) is 0.828. The van der Waals surface area contributed by atoms with E-state index in [2.05, 4.69) is 20.0 Å². The number of aromatic nitrogens is 4. The van der Waals surface area contributed by atoms with Crippen LogP contribution in [0.15, 0.2) is 65.8 Å². The van der Waals surface area contributed by atoms with Crippen LogP contribution in [0.1, 0.15) is 0 Å². The molecule has 2 aromatic carbocycles. The van der Waals surface area contributed by atoms with Crippen LogP contribution in [-0.4, -0.2) is 41.4 Å². The van der Waals surface area contributed by atoms with E-state index in [4.69, 9.17) is 9.47 Å². The Hall–Kier alpha value is -3.66. The Labute approximate surface area is 166 Å². The van der Waals surface area contributed by atoms with E-state index in [1.54, 1.807) is 40.9 Å². The Balaban J connectivity index is 1.45. The first kappa shape index (κ1) is 17.4. The minimum absolute atomic E-state index is 0.0937. The van der Waals surface area contributed by atoms with Crippen LogP contribution < -0.4 is 14.2 Å². The highest BCUT2D eigenvalue weighted by atomic mass is 32.2. The van der Waals surface area contributed by atoms with Gasteiger partial charge in [-0.25, -0.2) is 8.42 Å². The number of sulfonamides is 1. The molecule has 10 heteroatoms. The summed E-state index contributed by atoms with van der Waals surface area (Å²) in [5.74, 6) is 0.951. The first-order valence-electron chi connectivity index (χ1n) is 8.78. The van der Waals surface area contributed by atoms with E-state index in [0.29, 0.717) is 41.7 Å². The molecule has 29 heavy (non-hydrogen) atoms. The zero-order valence-corrected chi connectivity index (χ0v) is 15.8. The number of hydrogen-bond acceptors (Lipinski definition) is 7. The lowest BCUT2D eigenvalue weighted by atomic mass is 10.1. The van der Waals surface area contributed by atoms with Gasteiger partial charge in [0.15, 0.2) is 17.1 Å². The highest BCUT2D eigenvalue weighted by Crippen LogP contribution is 2.33. The Bertz CT molecular complexity index is 1320. The van der Waals surface area contributed by atoms with E-state index in [-0.39, 0.29) is 4.90 Å². The normalized spacial score (nSPS) is 13.4. The summed E-state index contributed by atoms with van der Waals surface area (Å²) in [5.41, 5.74) is 2.47. The minimum Gasteiger partial charge on any atom is -0.486 e. The molecule has 0 unspecified atom stereocenters. The molecule has 0 radical (unpaired) electrons. The van der Waals surface area contributed by atoms with Crippen LogP contribution >= 0.6 is 0 Å². The second kappa shape index (κ2) is 6.74. The number of nitrogens with one attached hydrogen (secondary N) is 1. The molecule has 2 aromatic heterocycles. The molecule has 0 atom stereocenters. The predicted octanol–water partition coefficient (Wildman–Crippen LogP) is 2.36. The molecule has 0 fully saturated rings. The van der Waals surface area contributed by atoms with Crippen LogP contribution in [0.5, 0.6) is 11.5 Å². The van der Waals surface area contributed by atoms with Gasteiger partial charge in [0.25, 0.3) is 10.0 Å². The second-order valence-electron chi connectivity index (χ2n) is 6.34. The minimum atomic E-state index is -3.80. The summed E-state index contributed by atoms with van der Waals surface area (Å²) < 4.78 is 40.7. The van der Waals surface area contributed by atoms with E-state index in [1.165, 1.54) is 18.5 Å². The third-order valence-electron chi connectivity index (χ3n) is 4.40. The standard InChI is InChI=1S/C19H15N5O4S/c25-29(26,15-4-6-17-18(11-15)28-9-8-27-17)23-14-3-1-2-13(10-14)16-5-7-19-21-20-12-24(19)22-16/h1-7,10-12,23H,8-9H2. The van der Waals surface area contributed by atoms with Gasteiger partial charge in [-0.2, -0.15) is 9.61 Å². The molecule has 0 spiro atoms. The van der Waals surface area contributed by atoms with Crippen LogP contribution in [0, 0.1) is 0 Å². The average Bonchev–Trinajstić information content (AvgIpc) is 3.21. The van der Waals surface area contributed by atoms with Gasteiger partial charge in [0, 0.05) is 17.3 Å². The van der Waals surface area contributed by atoms with Crippen molar-refractivity contribution in [1.29, 1.82) is 0 Å². The Morgan fingerprint density at radius 3 is 2.72 bits per heavy atom. The molecule has 9 nitrogen and oxygen atoms in total. The Kier molecular flexibility index (Phi) is 4.06. The van der Waals surface area contributed by atoms with Crippen molar-refractivity contribution in [1.82, 2.24) is 19.8 Å². The van der Waals surface area contributed by atoms with Gasteiger partial charge in [-0.1, -0.05) is 12.1 Å². The molecule has 0 aliphatic carbocycles. The van der Waals surface area contributed by atoms with Crippen molar-refractivity contribution < 1.29 is 17.9 Å². The van der Waals surface area contributed by atoms with Crippen LogP contribution in [-0.2, 0) is 10.0 Å². The van der Waals surface area contributed by atoms with Crippen molar-refractivity contribution in [2.45, 2.75) is 4.90 Å². The molecule has 0 amide bonds. The summed E-state index contributed by atoms with van der Waals surface area (Å²) in [6.07, 6.45) is 1.51. The molecule has 146 valence electrons. The number of anilines is 1. The molecule has 5 rings (SSSR count). The Morgan fingerprint density at radius 2 is 1.83 bits per heavy atom. The molecule has 0 saturated carbocycles. The monoisotopic (exact) mass is 409 g/mol. The number of fused-ring (bicyclic) bond motifs is 2. The largest absolute Gasteiger partial charge is 0.486 e. The second-order valence-corrected chi connectivity index (χ2v) is 8.03. The van der Waals surface area contributed by atoms with Crippen LogP contribution in [0.4, 0.5) is 5.69 Å². The van der Waals surface area contributed by atoms with E-state index in [9.17, 15) is 8.42 Å². The first-order chi connectivity index (χ1) is 14.1. The van der Waals surface area contributed by atoms with E-state index >= 15 is 0 Å². The summed E-state index contributed by atoms with van der Waals surface area (Å²) in [6, 6.07) is 15.1. The van der Waals surface area contributed by atoms with Crippen molar-refractivity contribution in [3.05, 3.63) is 60.9 Å². The molecule has 1 aliphatic rings. The number of ether oxygens (including phenoxy) is 2. The molecule has 1 N–H and O–H groups in total. The molecule has 1 aliphatic heterocycles. The van der Waals surface area contributed by atoms with Gasteiger partial charge in [-0.15, -0.1) is 10.2 Å². The summed E-state index contributed by atoms with van der Waals surface area (Å²) in [5, 5.41) is 12.2. The average molecular weight is 409 g/mol. The van der Waals surface area contributed by atoms with Gasteiger partial charge in [0.05, 0.1) is 10.6 Å². The maximum Gasteiger partial charge on any atom is 0.262 e. The van der Waals surface area contributed by atoms with Gasteiger partial charge in [-0.05, 0) is 36.4 Å². The van der Waals surface area contributed by atoms with Gasteiger partial charge >= 0.3 is 0 Å². The lowest BCUT2D eigenvalue weighted by molar-refractivity contribution is 0.171. The van der Waals surface area contributed by atoms with Crippen LogP contribution in [0.2, 0.25) is 0 Å². The van der Waals surface area contributed by atoms with Gasteiger partial charge in [0.1, 0.15) is 19.5 Å². The quantitative estimate of drug-likeness (QED) is 0.551. The molecule has 0 bridgehead atoms. The smallest absolute Gasteiger partial charge is 0.262 e. The first-order valence-corrected chi connectivity index (χ1v) is 10.3. The van der Waals surface area contributed by atoms with E-state index in [1.807, 2.05) is 6.07 Å². The lowest BCUT2D eigenvalue weighted by Gasteiger charge is -2.19. The van der Waals surface area contributed by atoms with Gasteiger partial charge < -0.3 is 9.47 Å². The fourth-order valence-electron chi connectivity index (χ4n) is 3.03. The Morgan fingerprint density at radius 1 is 0.966 bits per heavy atom. The third-order valence-corrected chi connectivity index (χ3v) is 5.78. The number of benzene rings is 2. The summed E-state index contributed by atoms with van der Waals surface area (Å²) >= 11 is 0. The van der Waals surface area contributed by atoms with E-state index in [0.717, 1.165) is 5.56 Å². The van der Waals surface area contributed by atoms with Crippen molar-refractivity contribution in [2.24, 2.45) is 0 Å². The molecular weight excluding hydrogens is 394 g/mol. The van der Waals surface area contributed by atoms with Crippen molar-refractivity contribution >= 4 is 21.4 Å². The van der Waals surface area contributed by atoms with E-state index < -0.39 is 10.0 Å². The predicted molar refractivity (Wildman–Crippen MR) is 104 cm³/mol. The highest BCUT2D eigenvalue weighted by Gasteiger charge is 2.19. The number of nitrogens with zero attached hydrogens (tertiary/aromatic N) is 4. The van der Waals surface area contributed by atoms with Crippen LogP contribution in [0.25, 0.3) is 16.9 Å². The lowest BCUT2D eigenvalue weighted by Crippen LogP contribution is -2.17. The van der Waals surface area contributed by atoms with Crippen molar-refractivity contribution in [2.75, 3.05) is 17.9 Å². The maximum absolute atomic E-state index is 12.8. The van der Waals surface area contributed by atoms with Gasteiger partial charge in [0.2, 0.25) is 0 Å². The summed E-state index contributed by atoms with van der Waals surface area (Å²) in [7, 11) is -3.80. The third kappa shape index (κ3) is 3.34. The topological polar surface area (TPSA) is 108 Å². The zero-order chi connectivity index (χ0) is 19.8. The zero-order valence-electron chi connectivity index (χ0n) is 15.0. The van der Waals surface area contributed by atoms with Crippen molar-refractivity contribution in [3.63, 3.8) is 0 Å². The fourth-order valence-corrected chi connectivity index (χ4v) is 4.09. The molecular formula is C19H15N5O4S. The number of hydrogen-bond donors (Lipinski definition) is 1. The SMILES string of the molecule is O=S(=O)(Nc1cccc(-c2ccc3nncn3n2)c1)c1ccc2c(c1)OCCO2. The van der Waals surface area contributed by atoms with Crippen molar-refractivity contribution in [3.8, 4) is 22.8 Å². The molecule has 3 heterocycles. The summed E-state index contributed by atoms with van der Waals surface area (Å²) in [4.78, 5) is 0.0937. The maximum atomic E-state index is 12.8. The molecule has 4 aromatic rings. The highest BCUT2D eigenvalue weighted by molar-refractivity contribution is 7.92.